The van der Waals surface area contributed by atoms with Gasteiger partial charge in [0.1, 0.15) is 6.02 Å². The molecule has 3 heteroatoms. The summed E-state index contributed by atoms with van der Waals surface area (Å²) in [5.74, 6) is -1.40. The summed E-state index contributed by atoms with van der Waals surface area (Å²) in [6.45, 7) is -0.116. The van der Waals surface area contributed by atoms with E-state index in [1.54, 1.807) is 0 Å². The zero-order valence-corrected chi connectivity index (χ0v) is 7.22. The van der Waals surface area contributed by atoms with Gasteiger partial charge in [0.15, 0.2) is 0 Å². The second-order valence-corrected chi connectivity index (χ2v) is 2.80. The molecule has 14 heavy (non-hydrogen) atoms. The fourth-order valence-electron chi connectivity index (χ4n) is 1.19. The third-order valence-corrected chi connectivity index (χ3v) is 1.90. The summed E-state index contributed by atoms with van der Waals surface area (Å²) in [5, 5.41) is 11.4. The van der Waals surface area contributed by atoms with E-state index < -0.39 is 12.0 Å². The van der Waals surface area contributed by atoms with Gasteiger partial charge in [0.05, 0.1) is 6.85 Å². The molecule has 0 aromatic heterocycles. The van der Waals surface area contributed by atoms with E-state index in [0.717, 1.165) is 6.08 Å². The first-order valence-corrected chi connectivity index (χ1v) is 4.05. The van der Waals surface area contributed by atoms with E-state index in [2.05, 4.69) is 5.32 Å². The molecule has 3 nitrogen and oxygen atoms in total. The molecule has 0 radical (unpaired) electrons. The fourth-order valence-corrected chi connectivity index (χ4v) is 1.19. The predicted molar refractivity (Wildman–Crippen MR) is 53.7 cm³/mol. The average molecular weight is 194 g/mol. The summed E-state index contributed by atoms with van der Waals surface area (Å²) in [6.07, 6.45) is 2.33. The average Bonchev–Trinajstić information content (AvgIpc) is 2.54. The largest absolute Gasteiger partial charge is 0.480 e. The van der Waals surface area contributed by atoms with Crippen LogP contribution in [0.4, 0.5) is 0 Å². The van der Waals surface area contributed by atoms with E-state index in [4.69, 9.17) is 12.0 Å². The van der Waals surface area contributed by atoms with Crippen LogP contribution in [0.25, 0.3) is 6.08 Å². The first-order valence-electron chi connectivity index (χ1n) is 6.55. The van der Waals surface area contributed by atoms with Gasteiger partial charge in [-0.3, -0.25) is 10.1 Å². The zero-order chi connectivity index (χ0) is 14.4. The van der Waals surface area contributed by atoms with Gasteiger partial charge >= 0.3 is 5.97 Å². The van der Waals surface area contributed by atoms with Gasteiger partial charge < -0.3 is 5.11 Å². The second kappa shape index (κ2) is 3.64. The Balaban J connectivity index is 2.63. The number of carboxylic acid groups (broad SMARTS) is 1. The molecular weight excluding hydrogens is 178 g/mol. The van der Waals surface area contributed by atoms with Crippen LogP contribution >= 0.6 is 0 Å². The molecule has 0 saturated carbocycles. The normalized spacial score (nSPS) is 30.1. The van der Waals surface area contributed by atoms with Gasteiger partial charge in [-0.2, -0.15) is 0 Å². The van der Waals surface area contributed by atoms with Gasteiger partial charge in [0.2, 0.25) is 0 Å². The van der Waals surface area contributed by atoms with Crippen LogP contribution in [0.3, 0.4) is 0 Å². The maximum absolute atomic E-state index is 11.0. The van der Waals surface area contributed by atoms with Crippen LogP contribution in [-0.2, 0) is 11.3 Å². The third kappa shape index (κ3) is 1.67. The SMILES string of the molecule is [2H]c1c([2H])c([2H])c2c(c1[2H])C=CC([2H])(C(=O)O)NC2. The molecule has 1 aromatic rings. The molecule has 0 spiro atoms. The molecule has 72 valence electrons. The first kappa shape index (κ1) is 4.75. The summed E-state index contributed by atoms with van der Waals surface area (Å²) in [7, 11) is 0. The third-order valence-electron chi connectivity index (χ3n) is 1.90. The molecule has 1 atom stereocenters. The molecule has 0 bridgehead atoms. The number of fused-ring (bicyclic) bond motifs is 1. The molecule has 1 aliphatic rings. The number of benzene rings is 1. The van der Waals surface area contributed by atoms with Crippen molar-refractivity contribution < 1.29 is 16.8 Å². The lowest BCUT2D eigenvalue weighted by molar-refractivity contribution is -0.138. The summed E-state index contributed by atoms with van der Waals surface area (Å²) in [6, 6.07) is -3.23. The summed E-state index contributed by atoms with van der Waals surface area (Å²) in [5.41, 5.74) is 0.478. The van der Waals surface area contributed by atoms with Crippen molar-refractivity contribution in [2.45, 2.75) is 12.6 Å². The van der Waals surface area contributed by atoms with Gasteiger partial charge in [0.25, 0.3) is 0 Å². The van der Waals surface area contributed by atoms with Gasteiger partial charge in [-0.1, -0.05) is 36.3 Å². The van der Waals surface area contributed by atoms with Crippen LogP contribution in [0, 0.1) is 0 Å². The van der Waals surface area contributed by atoms with Crippen molar-refractivity contribution in [3.63, 3.8) is 0 Å². The van der Waals surface area contributed by atoms with Gasteiger partial charge in [-0.15, -0.1) is 0 Å². The lowest BCUT2D eigenvalue weighted by atomic mass is 10.1. The number of carbonyl (C=O) groups is 1. The van der Waals surface area contributed by atoms with Crippen molar-refractivity contribution in [1.82, 2.24) is 5.32 Å². The van der Waals surface area contributed by atoms with Gasteiger partial charge in [0, 0.05) is 6.54 Å². The van der Waals surface area contributed by atoms with Gasteiger partial charge in [-0.25, -0.2) is 0 Å². The summed E-state index contributed by atoms with van der Waals surface area (Å²) in [4.78, 5) is 11.0. The molecule has 0 saturated heterocycles. The van der Waals surface area contributed by atoms with Crippen LogP contribution in [0.15, 0.2) is 30.2 Å². The summed E-state index contributed by atoms with van der Waals surface area (Å²) < 4.78 is 38.4. The van der Waals surface area contributed by atoms with E-state index in [1.165, 1.54) is 6.08 Å². The molecule has 1 heterocycles. The van der Waals surface area contributed by atoms with Crippen molar-refractivity contribution in [3.05, 3.63) is 41.4 Å². The van der Waals surface area contributed by atoms with Crippen molar-refractivity contribution in [1.29, 1.82) is 0 Å². The Hall–Kier alpha value is -1.61. The zero-order valence-electron chi connectivity index (χ0n) is 12.2. The first-order chi connectivity index (χ1) is 8.78. The lowest BCUT2D eigenvalue weighted by Gasteiger charge is -2.07. The Labute approximate surface area is 89.1 Å². The van der Waals surface area contributed by atoms with Gasteiger partial charge in [-0.05, 0) is 11.1 Å². The predicted octanol–water partition coefficient (Wildman–Crippen LogP) is 1.26. The Morgan fingerprint density at radius 1 is 1.64 bits per heavy atom. The van der Waals surface area contributed by atoms with Crippen LogP contribution in [-0.4, -0.2) is 17.1 Å². The minimum atomic E-state index is -2.04. The van der Waals surface area contributed by atoms with Crippen molar-refractivity contribution in [2.75, 3.05) is 0 Å². The minimum Gasteiger partial charge on any atom is -0.480 e. The molecule has 1 aliphatic heterocycles. The van der Waals surface area contributed by atoms with Crippen molar-refractivity contribution in [2.24, 2.45) is 0 Å². The number of rotatable bonds is 1. The monoisotopic (exact) mass is 194 g/mol. The lowest BCUT2D eigenvalue weighted by Crippen LogP contribution is -2.33. The number of hydrogen-bond acceptors (Lipinski definition) is 2. The van der Waals surface area contributed by atoms with E-state index in [0.29, 0.717) is 0 Å². The highest BCUT2D eigenvalue weighted by Gasteiger charge is 2.15. The number of aliphatic carboxylic acids is 1. The minimum absolute atomic E-state index is 0.116. The Kier molecular flexibility index (Phi) is 1.23. The molecule has 2 rings (SSSR count). The Morgan fingerprint density at radius 3 is 3.21 bits per heavy atom. The fraction of sp³-hybridized carbons (Fsp3) is 0.182. The van der Waals surface area contributed by atoms with Crippen LogP contribution in [0.5, 0.6) is 0 Å². The highest BCUT2D eigenvalue weighted by Crippen LogP contribution is 2.14. The van der Waals surface area contributed by atoms with E-state index in [-0.39, 0.29) is 41.8 Å². The highest BCUT2D eigenvalue weighted by molar-refractivity contribution is 5.78. The molecular formula is C11H11NO2. The standard InChI is InChI=1S/C11H11NO2/c13-11(14)10-6-5-8-3-1-2-4-9(8)7-12-10/h1-6,10,12H,7H2,(H,13,14)/i1D,2D,3D,4D,10D. The number of carboxylic acids is 1. The molecule has 0 aliphatic carbocycles. The smallest absolute Gasteiger partial charge is 0.324 e. The van der Waals surface area contributed by atoms with Crippen LogP contribution in [0.1, 0.15) is 18.0 Å². The molecule has 2 N–H and O–H groups in total. The maximum atomic E-state index is 11.0. The van der Waals surface area contributed by atoms with Crippen molar-refractivity contribution >= 4 is 12.0 Å². The molecule has 0 amide bonds. The maximum Gasteiger partial charge on any atom is 0.324 e. The van der Waals surface area contributed by atoms with E-state index >= 15 is 0 Å². The molecule has 1 aromatic carbocycles. The Morgan fingerprint density at radius 2 is 2.43 bits per heavy atom. The van der Waals surface area contributed by atoms with Crippen LogP contribution in [0.2, 0.25) is 0 Å². The molecule has 0 fully saturated rings. The summed E-state index contributed by atoms with van der Waals surface area (Å²) >= 11 is 0. The second-order valence-electron chi connectivity index (χ2n) is 2.80. The molecule has 1 unspecified atom stereocenters. The quantitative estimate of drug-likeness (QED) is 0.707. The van der Waals surface area contributed by atoms with E-state index in [9.17, 15) is 4.79 Å². The van der Waals surface area contributed by atoms with Crippen molar-refractivity contribution in [3.8, 4) is 0 Å². The highest BCUT2D eigenvalue weighted by atomic mass is 16.4. The number of nitrogens with one attached hydrogen (secondary N) is 1. The van der Waals surface area contributed by atoms with E-state index in [1.807, 2.05) is 0 Å². The topological polar surface area (TPSA) is 49.3 Å². The Bertz CT molecular complexity index is 601. The van der Waals surface area contributed by atoms with Crippen LogP contribution < -0.4 is 5.32 Å². The number of hydrogen-bond donors (Lipinski definition) is 2.